The van der Waals surface area contributed by atoms with Gasteiger partial charge in [-0.15, -0.1) is 0 Å². The lowest BCUT2D eigenvalue weighted by Gasteiger charge is -2.25. The van der Waals surface area contributed by atoms with E-state index in [0.717, 1.165) is 29.3 Å². The van der Waals surface area contributed by atoms with Crippen LogP contribution < -0.4 is 15.4 Å². The molecular weight excluding hydrogens is 350 g/mol. The molecule has 26 heavy (non-hydrogen) atoms. The Morgan fingerprint density at radius 3 is 2.77 bits per heavy atom. The third-order valence-electron chi connectivity index (χ3n) is 4.44. The van der Waals surface area contributed by atoms with Crippen molar-refractivity contribution < 1.29 is 4.79 Å². The molecule has 0 fully saturated rings. The van der Waals surface area contributed by atoms with Gasteiger partial charge >= 0.3 is 0 Å². The van der Waals surface area contributed by atoms with E-state index in [1.807, 2.05) is 36.1 Å². The summed E-state index contributed by atoms with van der Waals surface area (Å²) in [6, 6.07) is 9.41. The number of amides is 1. The molecule has 0 aliphatic carbocycles. The SMILES string of the molecule is CC(=O)N1CCCN(Cc2nn3c(=O)cc(C)nc3s2)c2ccccc21. The maximum absolute atomic E-state index is 12.1. The predicted octanol–water partition coefficient (Wildman–Crippen LogP) is 2.22. The van der Waals surface area contributed by atoms with Gasteiger partial charge in [0.1, 0.15) is 5.01 Å². The third kappa shape index (κ3) is 2.96. The first-order valence-corrected chi connectivity index (χ1v) is 9.33. The first-order chi connectivity index (χ1) is 12.5. The molecule has 0 unspecified atom stereocenters. The van der Waals surface area contributed by atoms with Gasteiger partial charge in [0, 0.05) is 31.8 Å². The summed E-state index contributed by atoms with van der Waals surface area (Å²) < 4.78 is 1.36. The average molecular weight is 369 g/mol. The second-order valence-electron chi connectivity index (χ2n) is 6.36. The van der Waals surface area contributed by atoms with Gasteiger partial charge in [0.2, 0.25) is 10.9 Å². The fourth-order valence-electron chi connectivity index (χ4n) is 3.30. The van der Waals surface area contributed by atoms with Crippen molar-refractivity contribution in [2.45, 2.75) is 26.8 Å². The molecule has 4 rings (SSSR count). The minimum absolute atomic E-state index is 0.0468. The monoisotopic (exact) mass is 369 g/mol. The van der Waals surface area contributed by atoms with Gasteiger partial charge in [-0.2, -0.15) is 9.61 Å². The van der Waals surface area contributed by atoms with E-state index in [1.165, 1.54) is 21.9 Å². The maximum Gasteiger partial charge on any atom is 0.275 e. The number of benzene rings is 1. The normalized spacial score (nSPS) is 14.4. The summed E-state index contributed by atoms with van der Waals surface area (Å²) in [7, 11) is 0. The van der Waals surface area contributed by atoms with E-state index in [1.54, 1.807) is 6.92 Å². The first-order valence-electron chi connectivity index (χ1n) is 8.51. The van der Waals surface area contributed by atoms with E-state index >= 15 is 0 Å². The highest BCUT2D eigenvalue weighted by Crippen LogP contribution is 2.33. The molecular formula is C18H19N5O2S. The van der Waals surface area contributed by atoms with Crippen molar-refractivity contribution in [2.24, 2.45) is 0 Å². The largest absolute Gasteiger partial charge is 0.363 e. The summed E-state index contributed by atoms with van der Waals surface area (Å²) in [5, 5.41) is 5.27. The topological polar surface area (TPSA) is 70.8 Å². The van der Waals surface area contributed by atoms with Gasteiger partial charge in [-0.1, -0.05) is 23.5 Å². The van der Waals surface area contributed by atoms with Gasteiger partial charge in [-0.05, 0) is 25.5 Å². The van der Waals surface area contributed by atoms with Crippen molar-refractivity contribution >= 4 is 33.6 Å². The van der Waals surface area contributed by atoms with E-state index < -0.39 is 0 Å². The molecule has 0 saturated heterocycles. The number of carbonyl (C=O) groups is 1. The molecule has 0 atom stereocenters. The molecule has 8 heteroatoms. The van der Waals surface area contributed by atoms with Crippen LogP contribution in [0.25, 0.3) is 4.96 Å². The number of anilines is 2. The van der Waals surface area contributed by atoms with Crippen LogP contribution in [0.2, 0.25) is 0 Å². The van der Waals surface area contributed by atoms with E-state index in [9.17, 15) is 9.59 Å². The molecule has 1 aliphatic heterocycles. The summed E-state index contributed by atoms with van der Waals surface area (Å²) in [6.45, 7) is 5.50. The summed E-state index contributed by atoms with van der Waals surface area (Å²) in [5.41, 5.74) is 2.47. The molecule has 1 aliphatic rings. The van der Waals surface area contributed by atoms with Crippen LogP contribution in [0.15, 0.2) is 35.1 Å². The van der Waals surface area contributed by atoms with Crippen LogP contribution in [0.1, 0.15) is 24.0 Å². The Kier molecular flexibility index (Phi) is 4.20. The highest BCUT2D eigenvalue weighted by atomic mass is 32.1. The summed E-state index contributed by atoms with van der Waals surface area (Å²) in [6.07, 6.45) is 0.871. The molecule has 7 nitrogen and oxygen atoms in total. The average Bonchev–Trinajstić information content (AvgIpc) is 2.90. The molecule has 0 saturated carbocycles. The lowest BCUT2D eigenvalue weighted by atomic mass is 10.2. The fourth-order valence-corrected chi connectivity index (χ4v) is 4.26. The number of aryl methyl sites for hydroxylation is 1. The van der Waals surface area contributed by atoms with Crippen molar-refractivity contribution in [1.29, 1.82) is 0 Å². The van der Waals surface area contributed by atoms with Crippen molar-refractivity contribution in [3.05, 3.63) is 51.4 Å². The molecule has 2 aromatic heterocycles. The van der Waals surface area contributed by atoms with Gasteiger partial charge < -0.3 is 9.80 Å². The highest BCUT2D eigenvalue weighted by molar-refractivity contribution is 7.16. The molecule has 1 amide bonds. The number of para-hydroxylation sites is 2. The fraction of sp³-hybridized carbons (Fsp3) is 0.333. The Morgan fingerprint density at radius 2 is 2.00 bits per heavy atom. The van der Waals surface area contributed by atoms with Crippen molar-refractivity contribution in [3.8, 4) is 0 Å². The van der Waals surface area contributed by atoms with Crippen molar-refractivity contribution in [2.75, 3.05) is 22.9 Å². The van der Waals surface area contributed by atoms with E-state index in [0.29, 0.717) is 23.7 Å². The van der Waals surface area contributed by atoms with E-state index in [4.69, 9.17) is 0 Å². The summed E-state index contributed by atoms with van der Waals surface area (Å²) in [4.78, 5) is 33.1. The Bertz CT molecular complexity index is 1040. The quantitative estimate of drug-likeness (QED) is 0.693. The Morgan fingerprint density at radius 1 is 1.23 bits per heavy atom. The van der Waals surface area contributed by atoms with E-state index in [-0.39, 0.29) is 11.5 Å². The van der Waals surface area contributed by atoms with Crippen LogP contribution in [0.3, 0.4) is 0 Å². The smallest absolute Gasteiger partial charge is 0.275 e. The van der Waals surface area contributed by atoms with Gasteiger partial charge in [-0.25, -0.2) is 4.98 Å². The standard InChI is InChI=1S/C18H19N5O2S/c1-12-10-17(25)23-18(19-12)26-16(20-23)11-21-8-5-9-22(13(2)24)15-7-4-3-6-14(15)21/h3-4,6-7,10H,5,8-9,11H2,1-2H3. The Balaban J connectivity index is 1.71. The van der Waals surface area contributed by atoms with Gasteiger partial charge in [0.15, 0.2) is 0 Å². The first kappa shape index (κ1) is 16.7. The molecule has 0 N–H and O–H groups in total. The van der Waals surface area contributed by atoms with Crippen molar-refractivity contribution in [3.63, 3.8) is 0 Å². The molecule has 0 spiro atoms. The lowest BCUT2D eigenvalue weighted by molar-refractivity contribution is -0.116. The maximum atomic E-state index is 12.1. The van der Waals surface area contributed by atoms with E-state index in [2.05, 4.69) is 15.0 Å². The number of hydrogen-bond acceptors (Lipinski definition) is 6. The second-order valence-corrected chi connectivity index (χ2v) is 7.40. The zero-order valence-corrected chi connectivity index (χ0v) is 15.5. The number of carbonyl (C=O) groups excluding carboxylic acids is 1. The highest BCUT2D eigenvalue weighted by Gasteiger charge is 2.23. The van der Waals surface area contributed by atoms with Crippen LogP contribution in [0, 0.1) is 6.92 Å². The van der Waals surface area contributed by atoms with Crippen LogP contribution >= 0.6 is 11.3 Å². The number of hydrogen-bond donors (Lipinski definition) is 0. The molecule has 0 radical (unpaired) electrons. The number of nitrogens with zero attached hydrogens (tertiary/aromatic N) is 5. The number of fused-ring (bicyclic) bond motifs is 2. The number of aromatic nitrogens is 3. The minimum atomic E-state index is -0.158. The van der Waals surface area contributed by atoms with Crippen LogP contribution in [0.5, 0.6) is 0 Å². The second kappa shape index (κ2) is 6.53. The zero-order valence-electron chi connectivity index (χ0n) is 14.7. The van der Waals surface area contributed by atoms with Gasteiger partial charge in [-0.3, -0.25) is 9.59 Å². The van der Waals surface area contributed by atoms with Crippen LogP contribution in [-0.2, 0) is 11.3 Å². The molecule has 3 aromatic rings. The van der Waals surface area contributed by atoms with Crippen molar-refractivity contribution in [1.82, 2.24) is 14.6 Å². The summed E-state index contributed by atoms with van der Waals surface area (Å²) >= 11 is 1.43. The van der Waals surface area contributed by atoms with Gasteiger partial charge in [0.25, 0.3) is 5.56 Å². The zero-order chi connectivity index (χ0) is 18.3. The van der Waals surface area contributed by atoms with Gasteiger partial charge in [0.05, 0.1) is 17.9 Å². The minimum Gasteiger partial charge on any atom is -0.363 e. The predicted molar refractivity (Wildman–Crippen MR) is 102 cm³/mol. The Hall–Kier alpha value is -2.74. The molecule has 1 aromatic carbocycles. The Labute approximate surface area is 154 Å². The summed E-state index contributed by atoms with van der Waals surface area (Å²) in [5.74, 6) is 0.0468. The van der Waals surface area contributed by atoms with Crippen LogP contribution in [0.4, 0.5) is 11.4 Å². The molecule has 134 valence electrons. The third-order valence-corrected chi connectivity index (χ3v) is 5.34. The number of rotatable bonds is 2. The van der Waals surface area contributed by atoms with Crippen LogP contribution in [-0.4, -0.2) is 33.6 Å². The molecule has 0 bridgehead atoms. The lowest BCUT2D eigenvalue weighted by Crippen LogP contribution is -2.28. The molecule has 3 heterocycles.